The third kappa shape index (κ3) is 37.8. The molecule has 0 fully saturated rings. The van der Waals surface area contributed by atoms with Crippen LogP contribution >= 0.6 is 31.9 Å². The molecule has 0 heterocycles. The quantitative estimate of drug-likeness (QED) is 0.579. The van der Waals surface area contributed by atoms with E-state index in [1.165, 1.54) is 0 Å². The summed E-state index contributed by atoms with van der Waals surface area (Å²) in [5.41, 5.74) is 0. The number of alkyl halides is 2. The van der Waals surface area contributed by atoms with Crippen LogP contribution in [-0.2, 0) is 26.7 Å². The maximum Gasteiger partial charge on any atom is 0.314 e. The molecule has 0 aliphatic rings. The Kier molecular flexibility index (Phi) is 20.7. The number of rotatable bonds is 2. The first-order valence-electron chi connectivity index (χ1n) is 2.10. The van der Waals surface area contributed by atoms with Gasteiger partial charge in [-0.2, -0.15) is 0 Å². The summed E-state index contributed by atoms with van der Waals surface area (Å²) in [7, 11) is 0. The Balaban J connectivity index is -0.000000107. The number of aliphatic carboxylic acids is 2. The van der Waals surface area contributed by atoms with Crippen LogP contribution in [0.5, 0.6) is 0 Å². The second-order valence-corrected chi connectivity index (χ2v) is 2.18. The van der Waals surface area contributed by atoms with E-state index < -0.39 is 11.9 Å². The Hall–Kier alpha value is 0.419. The summed E-state index contributed by atoms with van der Waals surface area (Å²) in [6.07, 6.45) is 0. The van der Waals surface area contributed by atoms with E-state index in [0.29, 0.717) is 0 Å². The third-order valence-electron chi connectivity index (χ3n) is 0.229. The second kappa shape index (κ2) is 13.0. The van der Waals surface area contributed by atoms with E-state index in [1.807, 2.05) is 0 Å². The molecular weight excluding hydrogens is 335 g/mol. The first kappa shape index (κ1) is 17.5. The van der Waals surface area contributed by atoms with Crippen molar-refractivity contribution in [1.82, 2.24) is 0 Å². The maximum absolute atomic E-state index is 9.32. The molecule has 0 aromatic rings. The predicted octanol–water partition coefficient (Wildman–Crippen LogP) is 0.929. The van der Waals surface area contributed by atoms with E-state index in [0.717, 1.165) is 0 Å². The first-order chi connectivity index (χ1) is 4.54. The van der Waals surface area contributed by atoms with Gasteiger partial charge in [-0.1, -0.05) is 31.9 Å². The molecule has 0 bridgehead atoms. The monoisotopic (exact) mass is 339 g/mol. The normalized spacial score (nSPS) is 6.73. The van der Waals surface area contributed by atoms with Crippen molar-refractivity contribution in [2.75, 3.05) is 10.7 Å². The molecule has 71 valence electrons. The maximum atomic E-state index is 9.32. The Morgan fingerprint density at radius 1 is 1.00 bits per heavy atom. The molecule has 0 atom stereocenters. The number of hydrogen-bond donors (Lipinski definition) is 2. The van der Waals surface area contributed by atoms with Crippen molar-refractivity contribution in [2.45, 2.75) is 0 Å². The third-order valence-corrected chi connectivity index (χ3v) is 1.19. The Bertz CT molecular complexity index is 105. The summed E-state index contributed by atoms with van der Waals surface area (Å²) >= 11 is 5.43. The molecule has 0 aliphatic carbocycles. The van der Waals surface area contributed by atoms with Gasteiger partial charge in [0.05, 0.1) is 0 Å². The summed E-state index contributed by atoms with van der Waals surface area (Å²) in [5, 5.41) is 15.4. The van der Waals surface area contributed by atoms with Crippen LogP contribution < -0.4 is 0 Å². The molecule has 1 radical (unpaired) electrons. The van der Waals surface area contributed by atoms with Crippen LogP contribution in [0.1, 0.15) is 0 Å². The van der Waals surface area contributed by atoms with Crippen LogP contribution in [0.25, 0.3) is 0 Å². The van der Waals surface area contributed by atoms with E-state index in [4.69, 9.17) is 10.2 Å². The molecule has 0 aliphatic heterocycles. The van der Waals surface area contributed by atoms with Gasteiger partial charge in [0.25, 0.3) is 0 Å². The molecule has 0 unspecified atom stereocenters. The van der Waals surface area contributed by atoms with Gasteiger partial charge in [-0.15, -0.1) is 0 Å². The molecule has 0 spiro atoms. The van der Waals surface area contributed by atoms with Gasteiger partial charge in [-0.25, -0.2) is 0 Å². The van der Waals surface area contributed by atoms with Crippen molar-refractivity contribution in [3.8, 4) is 0 Å². The predicted molar refractivity (Wildman–Crippen MR) is 42.9 cm³/mol. The van der Waals surface area contributed by atoms with Gasteiger partial charge in [0.15, 0.2) is 0 Å². The molecule has 4 nitrogen and oxygen atoms in total. The minimum absolute atomic E-state index is 0. The fraction of sp³-hybridized carbons (Fsp3) is 0.500. The van der Waals surface area contributed by atoms with Gasteiger partial charge in [0, 0.05) is 17.1 Å². The summed E-state index contributed by atoms with van der Waals surface area (Å²) < 4.78 is 0. The van der Waals surface area contributed by atoms with Crippen LogP contribution in [0.4, 0.5) is 0 Å². The number of halogens is 2. The van der Waals surface area contributed by atoms with Crippen LogP contribution in [0.2, 0.25) is 0 Å². The molecule has 0 saturated heterocycles. The van der Waals surface area contributed by atoms with Crippen molar-refractivity contribution < 1.29 is 36.9 Å². The minimum Gasteiger partial charge on any atom is -0.481 e. The van der Waals surface area contributed by atoms with E-state index in [2.05, 4.69) is 31.9 Å². The van der Waals surface area contributed by atoms with Crippen LogP contribution in [0, 0.1) is 0 Å². The number of carboxylic acids is 2. The summed E-state index contributed by atoms with van der Waals surface area (Å²) in [6, 6.07) is 0. The van der Waals surface area contributed by atoms with Crippen molar-refractivity contribution in [3.05, 3.63) is 0 Å². The zero-order chi connectivity index (χ0) is 8.57. The van der Waals surface area contributed by atoms with E-state index in [1.54, 1.807) is 0 Å². The summed E-state index contributed by atoms with van der Waals surface area (Å²) in [4.78, 5) is 18.6. The van der Waals surface area contributed by atoms with Crippen LogP contribution in [0.15, 0.2) is 0 Å². The van der Waals surface area contributed by atoms with E-state index in [-0.39, 0.29) is 27.7 Å². The van der Waals surface area contributed by atoms with Gasteiger partial charge in [-0.3, -0.25) is 9.59 Å². The molecule has 7 heteroatoms. The van der Waals surface area contributed by atoms with Gasteiger partial charge in [0.1, 0.15) is 10.7 Å². The largest absolute Gasteiger partial charge is 0.481 e. The van der Waals surface area contributed by atoms with E-state index in [9.17, 15) is 9.59 Å². The summed E-state index contributed by atoms with van der Waals surface area (Å²) in [6.45, 7) is 0. The smallest absolute Gasteiger partial charge is 0.314 e. The zero-order valence-electron chi connectivity index (χ0n) is 5.18. The van der Waals surface area contributed by atoms with Crippen molar-refractivity contribution in [1.29, 1.82) is 0 Å². The fourth-order valence-corrected chi connectivity index (χ4v) is 0. The zero-order valence-corrected chi connectivity index (χ0v) is 9.30. The minimum atomic E-state index is -0.829. The molecule has 0 rings (SSSR count). The van der Waals surface area contributed by atoms with Crippen molar-refractivity contribution in [3.63, 3.8) is 0 Å². The molecule has 0 amide bonds. The molecule has 0 aromatic heterocycles. The van der Waals surface area contributed by atoms with E-state index >= 15 is 0 Å². The number of carboxylic acid groups (broad SMARTS) is 2. The van der Waals surface area contributed by atoms with Gasteiger partial charge in [-0.05, 0) is 0 Å². The molecule has 2 N–H and O–H groups in total. The standard InChI is InChI=1S/2C2H3BrO2.Cu/c2*3-1-2(4)5;/h2*1H2,(H,4,5);. The molecular formula is C4H6Br2CuO4. The second-order valence-electron chi connectivity index (χ2n) is 1.05. The fourth-order valence-electron chi connectivity index (χ4n) is 0. The molecule has 11 heavy (non-hydrogen) atoms. The first-order valence-corrected chi connectivity index (χ1v) is 4.34. The van der Waals surface area contributed by atoms with Gasteiger partial charge in [0.2, 0.25) is 0 Å². The number of hydrogen-bond acceptors (Lipinski definition) is 2. The average molecular weight is 341 g/mol. The SMILES string of the molecule is O=C(O)CBr.O=C(O)CBr.[Cu]. The topological polar surface area (TPSA) is 74.6 Å². The molecule has 0 saturated carbocycles. The van der Waals surface area contributed by atoms with Crippen LogP contribution in [0.3, 0.4) is 0 Å². The summed E-state index contributed by atoms with van der Waals surface area (Å²) in [5.74, 6) is -1.66. The Morgan fingerprint density at radius 3 is 1.09 bits per heavy atom. The van der Waals surface area contributed by atoms with Gasteiger partial charge >= 0.3 is 11.9 Å². The Morgan fingerprint density at radius 2 is 1.09 bits per heavy atom. The van der Waals surface area contributed by atoms with Gasteiger partial charge < -0.3 is 10.2 Å². The molecule has 0 aromatic carbocycles. The van der Waals surface area contributed by atoms with Crippen molar-refractivity contribution in [2.24, 2.45) is 0 Å². The average Bonchev–Trinajstić information content (AvgIpc) is 1.89. The van der Waals surface area contributed by atoms with Crippen LogP contribution in [-0.4, -0.2) is 32.8 Å². The Labute approximate surface area is 91.1 Å². The van der Waals surface area contributed by atoms with Crippen molar-refractivity contribution >= 4 is 43.8 Å². The number of carbonyl (C=O) groups is 2.